The highest BCUT2D eigenvalue weighted by Crippen LogP contribution is 2.16. The number of benzene rings is 1. The summed E-state index contributed by atoms with van der Waals surface area (Å²) in [6.07, 6.45) is 0.00846. The van der Waals surface area contributed by atoms with E-state index < -0.39 is 17.9 Å². The molecule has 2 rings (SSSR count). The predicted octanol–water partition coefficient (Wildman–Crippen LogP) is 1.79. The van der Waals surface area contributed by atoms with Crippen LogP contribution in [-0.2, 0) is 27.4 Å². The Bertz CT molecular complexity index is 714. The second-order valence-corrected chi connectivity index (χ2v) is 6.37. The van der Waals surface area contributed by atoms with E-state index in [0.29, 0.717) is 12.3 Å². The molecule has 7 nitrogen and oxygen atoms in total. The maximum Gasteiger partial charge on any atom is 0.328 e. The van der Waals surface area contributed by atoms with Gasteiger partial charge in [-0.05, 0) is 19.1 Å². The van der Waals surface area contributed by atoms with Crippen LogP contribution in [0.25, 0.3) is 0 Å². The number of carboxylic acid groups (broad SMARTS) is 1. The van der Waals surface area contributed by atoms with Crippen LogP contribution < -0.4 is 10.1 Å². The van der Waals surface area contributed by atoms with Crippen LogP contribution in [0.5, 0.6) is 5.75 Å². The number of hydrogen-bond acceptors (Lipinski definition) is 6. The molecule has 0 saturated heterocycles. The van der Waals surface area contributed by atoms with Gasteiger partial charge in [-0.3, -0.25) is 4.79 Å². The first-order valence-corrected chi connectivity index (χ1v) is 8.49. The molecule has 0 fully saturated rings. The molecule has 1 aromatic carbocycles. The molecule has 1 amide bonds. The number of thiazole rings is 1. The van der Waals surface area contributed by atoms with Crippen LogP contribution in [0.15, 0.2) is 29.6 Å². The summed E-state index contributed by atoms with van der Waals surface area (Å²) in [5.74, 6) is -0.801. The standard InChI is InChI=1S/C17H20N2O5S/c1-11-3-5-13(6-4-11)24-9-16-18-12(10-25-16)7-15(20)19-14(8-23-2)17(21)22/h3-6,10,14H,7-9H2,1-2H3,(H,19,20)(H,21,22). The van der Waals surface area contributed by atoms with E-state index in [1.54, 1.807) is 5.38 Å². The van der Waals surface area contributed by atoms with Gasteiger partial charge in [0.1, 0.15) is 17.4 Å². The average Bonchev–Trinajstić information content (AvgIpc) is 3.01. The van der Waals surface area contributed by atoms with Crippen molar-refractivity contribution in [3.05, 3.63) is 45.9 Å². The fourth-order valence-electron chi connectivity index (χ4n) is 2.03. The number of nitrogens with zero attached hydrogens (tertiary/aromatic N) is 1. The van der Waals surface area contributed by atoms with Gasteiger partial charge in [0.2, 0.25) is 5.91 Å². The summed E-state index contributed by atoms with van der Waals surface area (Å²) < 4.78 is 10.4. The van der Waals surface area contributed by atoms with Gasteiger partial charge in [0.25, 0.3) is 0 Å². The Morgan fingerprint density at radius 3 is 2.68 bits per heavy atom. The molecule has 0 spiro atoms. The van der Waals surface area contributed by atoms with E-state index >= 15 is 0 Å². The molecule has 0 bridgehead atoms. The van der Waals surface area contributed by atoms with Gasteiger partial charge in [-0.1, -0.05) is 17.7 Å². The lowest BCUT2D eigenvalue weighted by molar-refractivity contribution is -0.143. The highest BCUT2D eigenvalue weighted by atomic mass is 32.1. The van der Waals surface area contributed by atoms with Crippen LogP contribution in [0.2, 0.25) is 0 Å². The van der Waals surface area contributed by atoms with Crippen molar-refractivity contribution >= 4 is 23.2 Å². The maximum absolute atomic E-state index is 11.9. The summed E-state index contributed by atoms with van der Waals surface area (Å²) in [5, 5.41) is 13.9. The van der Waals surface area contributed by atoms with Gasteiger partial charge in [0, 0.05) is 12.5 Å². The van der Waals surface area contributed by atoms with Crippen molar-refractivity contribution in [2.75, 3.05) is 13.7 Å². The van der Waals surface area contributed by atoms with Gasteiger partial charge >= 0.3 is 5.97 Å². The van der Waals surface area contributed by atoms with Crippen LogP contribution in [0.4, 0.5) is 0 Å². The first kappa shape index (κ1) is 18.9. The van der Waals surface area contributed by atoms with Gasteiger partial charge in [0.05, 0.1) is 18.7 Å². The lowest BCUT2D eigenvalue weighted by atomic mass is 10.2. The zero-order valence-electron chi connectivity index (χ0n) is 14.0. The van der Waals surface area contributed by atoms with E-state index in [-0.39, 0.29) is 13.0 Å². The van der Waals surface area contributed by atoms with Gasteiger partial charge in [-0.25, -0.2) is 9.78 Å². The normalized spacial score (nSPS) is 11.8. The molecule has 2 aromatic rings. The second-order valence-electron chi connectivity index (χ2n) is 5.42. The first-order chi connectivity index (χ1) is 12.0. The molecule has 1 unspecified atom stereocenters. The third-order valence-electron chi connectivity index (χ3n) is 3.29. The number of rotatable bonds is 9. The van der Waals surface area contributed by atoms with Crippen molar-refractivity contribution in [1.82, 2.24) is 10.3 Å². The van der Waals surface area contributed by atoms with E-state index in [4.69, 9.17) is 14.6 Å². The fraction of sp³-hybridized carbons (Fsp3) is 0.353. The van der Waals surface area contributed by atoms with E-state index in [9.17, 15) is 9.59 Å². The number of carboxylic acids is 1. The lowest BCUT2D eigenvalue weighted by Crippen LogP contribution is -2.44. The molecule has 1 atom stereocenters. The summed E-state index contributed by atoms with van der Waals surface area (Å²) >= 11 is 1.39. The van der Waals surface area contributed by atoms with Gasteiger partial charge in [-0.15, -0.1) is 11.3 Å². The monoisotopic (exact) mass is 364 g/mol. The van der Waals surface area contributed by atoms with Crippen LogP contribution in [0.1, 0.15) is 16.3 Å². The van der Waals surface area contributed by atoms with Crippen molar-refractivity contribution in [1.29, 1.82) is 0 Å². The van der Waals surface area contributed by atoms with Crippen molar-refractivity contribution in [3.63, 3.8) is 0 Å². The molecule has 0 aliphatic heterocycles. The number of aromatic nitrogens is 1. The Hall–Kier alpha value is -2.45. The molecule has 134 valence electrons. The summed E-state index contributed by atoms with van der Waals surface area (Å²) in [6.45, 7) is 2.23. The van der Waals surface area contributed by atoms with E-state index in [1.807, 2.05) is 31.2 Å². The van der Waals surface area contributed by atoms with Crippen molar-refractivity contribution in [2.45, 2.75) is 26.0 Å². The molecular weight excluding hydrogens is 344 g/mol. The van der Waals surface area contributed by atoms with Crippen LogP contribution in [0, 0.1) is 6.92 Å². The van der Waals surface area contributed by atoms with E-state index in [0.717, 1.165) is 16.3 Å². The maximum atomic E-state index is 11.9. The number of aliphatic carboxylic acids is 1. The zero-order chi connectivity index (χ0) is 18.2. The van der Waals surface area contributed by atoms with Gasteiger partial charge < -0.3 is 19.9 Å². The molecule has 1 heterocycles. The quantitative estimate of drug-likeness (QED) is 0.704. The molecule has 8 heteroatoms. The molecule has 1 aromatic heterocycles. The SMILES string of the molecule is COCC(NC(=O)Cc1csc(COc2ccc(C)cc2)n1)C(=O)O. The zero-order valence-corrected chi connectivity index (χ0v) is 14.8. The Kier molecular flexibility index (Phi) is 6.91. The molecule has 0 saturated carbocycles. The number of carbonyl (C=O) groups is 2. The van der Waals surface area contributed by atoms with Crippen LogP contribution in [-0.4, -0.2) is 41.7 Å². The summed E-state index contributed by atoms with van der Waals surface area (Å²) in [4.78, 5) is 27.3. The molecule has 25 heavy (non-hydrogen) atoms. The highest BCUT2D eigenvalue weighted by molar-refractivity contribution is 7.09. The smallest absolute Gasteiger partial charge is 0.328 e. The van der Waals surface area contributed by atoms with Crippen LogP contribution >= 0.6 is 11.3 Å². The Balaban J connectivity index is 1.84. The highest BCUT2D eigenvalue weighted by Gasteiger charge is 2.20. The second kappa shape index (κ2) is 9.14. The number of aryl methyl sites for hydroxylation is 1. The van der Waals surface area contributed by atoms with E-state index in [2.05, 4.69) is 10.3 Å². The van der Waals surface area contributed by atoms with Crippen LogP contribution in [0.3, 0.4) is 0 Å². The predicted molar refractivity (Wildman–Crippen MR) is 92.8 cm³/mol. The fourth-order valence-corrected chi connectivity index (χ4v) is 2.73. The van der Waals surface area contributed by atoms with Crippen molar-refractivity contribution in [3.8, 4) is 5.75 Å². The van der Waals surface area contributed by atoms with Crippen molar-refractivity contribution < 1.29 is 24.2 Å². The van der Waals surface area contributed by atoms with Gasteiger partial charge in [-0.2, -0.15) is 0 Å². The third-order valence-corrected chi connectivity index (χ3v) is 4.16. The molecular formula is C17H20N2O5S. The van der Waals surface area contributed by atoms with Gasteiger partial charge in [0.15, 0.2) is 6.04 Å². The minimum atomic E-state index is -1.14. The Morgan fingerprint density at radius 1 is 1.32 bits per heavy atom. The number of hydrogen-bond donors (Lipinski definition) is 2. The number of methoxy groups -OCH3 is 1. The molecule has 2 N–H and O–H groups in total. The Morgan fingerprint density at radius 2 is 2.04 bits per heavy atom. The Labute approximate surface area is 149 Å². The largest absolute Gasteiger partial charge is 0.486 e. The number of nitrogens with one attached hydrogen (secondary N) is 1. The topological polar surface area (TPSA) is 97.8 Å². The summed E-state index contributed by atoms with van der Waals surface area (Å²) in [6, 6.07) is 6.64. The third kappa shape index (κ3) is 6.17. The average molecular weight is 364 g/mol. The first-order valence-electron chi connectivity index (χ1n) is 7.61. The lowest BCUT2D eigenvalue weighted by Gasteiger charge is -2.12. The number of amides is 1. The molecule has 0 aliphatic carbocycles. The number of carbonyl (C=O) groups excluding carboxylic acids is 1. The summed E-state index contributed by atoms with van der Waals surface area (Å²) in [7, 11) is 1.38. The molecule has 0 radical (unpaired) electrons. The number of ether oxygens (including phenoxy) is 2. The van der Waals surface area contributed by atoms with Crippen molar-refractivity contribution in [2.24, 2.45) is 0 Å². The summed E-state index contributed by atoms with van der Waals surface area (Å²) in [5.41, 5.74) is 1.73. The van der Waals surface area contributed by atoms with E-state index in [1.165, 1.54) is 18.4 Å². The minimum absolute atomic E-state index is 0.00846. The minimum Gasteiger partial charge on any atom is -0.486 e. The molecule has 0 aliphatic rings.